The molecule has 0 spiro atoms. The SMILES string of the molecule is Cc1c(C(=O)N2CCC(c3ccc4c(c3)CN(C3CCC(=O)NC3=O)C4=O)CC2)[nH]c2cc(O)ccc12. The van der Waals surface area contributed by atoms with Crippen LogP contribution in [0.4, 0.5) is 0 Å². The van der Waals surface area contributed by atoms with Crippen molar-refractivity contribution in [2.45, 2.75) is 51.1 Å². The van der Waals surface area contributed by atoms with E-state index in [4.69, 9.17) is 0 Å². The molecular formula is C28H28N4O5. The minimum absolute atomic E-state index is 0.0360. The standard InChI is InChI=1S/C28H28N4O5/c1-15-20-5-3-19(33)13-22(20)29-25(15)28(37)31-10-8-16(9-11-31)17-2-4-21-18(12-17)14-32(27(21)36)23-6-7-24(34)30-26(23)35/h2-5,12-13,16,23,29,33H,6-11,14H2,1H3,(H,30,34,35). The number of phenolic OH excluding ortho intramolecular Hbond substituents is 1. The molecule has 1 atom stereocenters. The number of aryl methyl sites for hydroxylation is 1. The van der Waals surface area contributed by atoms with Crippen LogP contribution < -0.4 is 5.32 Å². The van der Waals surface area contributed by atoms with Crippen LogP contribution in [0.1, 0.15) is 69.1 Å². The van der Waals surface area contributed by atoms with Gasteiger partial charge in [0.1, 0.15) is 17.5 Å². The number of imide groups is 1. The van der Waals surface area contributed by atoms with Crippen LogP contribution in [-0.2, 0) is 16.1 Å². The van der Waals surface area contributed by atoms with Gasteiger partial charge in [-0.05, 0) is 67.0 Å². The third kappa shape index (κ3) is 3.94. The summed E-state index contributed by atoms with van der Waals surface area (Å²) >= 11 is 0. The second-order valence-electron chi connectivity index (χ2n) is 10.2. The highest BCUT2D eigenvalue weighted by Gasteiger charge is 2.39. The smallest absolute Gasteiger partial charge is 0.270 e. The van der Waals surface area contributed by atoms with Gasteiger partial charge in [-0.25, -0.2) is 0 Å². The summed E-state index contributed by atoms with van der Waals surface area (Å²) in [5.41, 5.74) is 4.84. The van der Waals surface area contributed by atoms with Gasteiger partial charge in [-0.1, -0.05) is 12.1 Å². The van der Waals surface area contributed by atoms with Crippen LogP contribution >= 0.6 is 0 Å². The molecule has 0 bridgehead atoms. The Hall–Kier alpha value is -4.14. The van der Waals surface area contributed by atoms with E-state index in [0.717, 1.165) is 40.4 Å². The Kier molecular flexibility index (Phi) is 5.51. The van der Waals surface area contributed by atoms with Crippen molar-refractivity contribution >= 4 is 34.5 Å². The molecule has 2 aromatic carbocycles. The highest BCUT2D eigenvalue weighted by molar-refractivity contribution is 6.05. The molecule has 9 nitrogen and oxygen atoms in total. The predicted octanol–water partition coefficient (Wildman–Crippen LogP) is 2.96. The van der Waals surface area contributed by atoms with Gasteiger partial charge in [-0.15, -0.1) is 0 Å². The molecule has 1 aromatic heterocycles. The van der Waals surface area contributed by atoms with Crippen molar-refractivity contribution in [3.63, 3.8) is 0 Å². The average molecular weight is 501 g/mol. The Balaban J connectivity index is 1.13. The molecule has 37 heavy (non-hydrogen) atoms. The summed E-state index contributed by atoms with van der Waals surface area (Å²) in [6.07, 6.45) is 2.21. The molecule has 0 saturated carbocycles. The number of amides is 4. The minimum atomic E-state index is -0.618. The predicted molar refractivity (Wildman–Crippen MR) is 135 cm³/mol. The van der Waals surface area contributed by atoms with Crippen LogP contribution in [0.5, 0.6) is 5.75 Å². The van der Waals surface area contributed by atoms with Gasteiger partial charge in [0.25, 0.3) is 11.8 Å². The number of hydrogen-bond acceptors (Lipinski definition) is 5. The molecule has 0 aliphatic carbocycles. The molecule has 2 fully saturated rings. The lowest BCUT2D eigenvalue weighted by Gasteiger charge is -2.32. The van der Waals surface area contributed by atoms with E-state index in [9.17, 15) is 24.3 Å². The maximum absolute atomic E-state index is 13.3. The highest BCUT2D eigenvalue weighted by atomic mass is 16.3. The van der Waals surface area contributed by atoms with Gasteiger partial charge >= 0.3 is 0 Å². The van der Waals surface area contributed by atoms with Gasteiger partial charge in [0.05, 0.1) is 0 Å². The van der Waals surface area contributed by atoms with Crippen LogP contribution in [0, 0.1) is 6.92 Å². The molecule has 3 N–H and O–H groups in total. The number of aromatic amines is 1. The number of benzene rings is 2. The number of likely N-dealkylation sites (tertiary alicyclic amines) is 1. The van der Waals surface area contributed by atoms with Gasteiger partial charge in [0.15, 0.2) is 0 Å². The zero-order valence-electron chi connectivity index (χ0n) is 20.5. The van der Waals surface area contributed by atoms with E-state index in [0.29, 0.717) is 37.3 Å². The summed E-state index contributed by atoms with van der Waals surface area (Å²) in [6, 6.07) is 10.4. The minimum Gasteiger partial charge on any atom is -0.508 e. The fraction of sp³-hybridized carbons (Fsp3) is 0.357. The van der Waals surface area contributed by atoms with Gasteiger partial charge in [-0.3, -0.25) is 24.5 Å². The summed E-state index contributed by atoms with van der Waals surface area (Å²) in [5, 5.41) is 13.0. The lowest BCUT2D eigenvalue weighted by atomic mass is 9.87. The zero-order chi connectivity index (χ0) is 25.8. The quantitative estimate of drug-likeness (QED) is 0.477. The number of phenols is 1. The molecule has 3 aliphatic heterocycles. The van der Waals surface area contributed by atoms with E-state index in [1.54, 1.807) is 17.0 Å². The van der Waals surface area contributed by atoms with Gasteiger partial charge in [-0.2, -0.15) is 0 Å². The molecule has 4 amide bonds. The van der Waals surface area contributed by atoms with Crippen LogP contribution in [0.2, 0.25) is 0 Å². The van der Waals surface area contributed by atoms with Crippen LogP contribution in [0.25, 0.3) is 10.9 Å². The molecule has 1 unspecified atom stereocenters. The number of aromatic hydroxyl groups is 1. The van der Waals surface area contributed by atoms with E-state index < -0.39 is 11.9 Å². The van der Waals surface area contributed by atoms with E-state index >= 15 is 0 Å². The summed E-state index contributed by atoms with van der Waals surface area (Å²) < 4.78 is 0. The number of fused-ring (bicyclic) bond motifs is 2. The van der Waals surface area contributed by atoms with Crippen LogP contribution in [0.3, 0.4) is 0 Å². The van der Waals surface area contributed by atoms with Crippen molar-refractivity contribution < 1.29 is 24.3 Å². The van der Waals surface area contributed by atoms with Crippen LogP contribution in [-0.4, -0.2) is 62.7 Å². The number of nitrogens with zero attached hydrogens (tertiary/aromatic N) is 2. The van der Waals surface area contributed by atoms with Gasteiger partial charge < -0.3 is 19.9 Å². The average Bonchev–Trinajstić information content (AvgIpc) is 3.39. The van der Waals surface area contributed by atoms with Crippen molar-refractivity contribution in [2.75, 3.05) is 13.1 Å². The first-order valence-electron chi connectivity index (χ1n) is 12.7. The number of nitrogens with one attached hydrogen (secondary N) is 2. The maximum Gasteiger partial charge on any atom is 0.270 e. The molecule has 3 aliphatic rings. The number of hydrogen-bond donors (Lipinski definition) is 3. The van der Waals surface area contributed by atoms with Crippen LogP contribution in [0.15, 0.2) is 36.4 Å². The largest absolute Gasteiger partial charge is 0.508 e. The van der Waals surface area contributed by atoms with E-state index in [2.05, 4.69) is 16.4 Å². The number of carbonyl (C=O) groups excluding carboxylic acids is 4. The molecule has 3 aromatic rings. The Labute approximate surface area is 213 Å². The third-order valence-electron chi connectivity index (χ3n) is 8.06. The van der Waals surface area contributed by atoms with Crippen molar-refractivity contribution in [3.05, 3.63) is 64.3 Å². The second-order valence-corrected chi connectivity index (χ2v) is 10.2. The van der Waals surface area contributed by atoms with Gasteiger partial charge in [0.2, 0.25) is 11.8 Å². The number of H-pyrrole nitrogens is 1. The highest BCUT2D eigenvalue weighted by Crippen LogP contribution is 2.34. The van der Waals surface area contributed by atoms with E-state index in [1.807, 2.05) is 30.0 Å². The normalized spacial score (nSPS) is 20.5. The molecule has 9 heteroatoms. The fourth-order valence-corrected chi connectivity index (χ4v) is 5.96. The number of piperidine rings is 2. The second kappa shape index (κ2) is 8.76. The zero-order valence-corrected chi connectivity index (χ0v) is 20.5. The topological polar surface area (TPSA) is 123 Å². The first-order chi connectivity index (χ1) is 17.8. The monoisotopic (exact) mass is 500 g/mol. The fourth-order valence-electron chi connectivity index (χ4n) is 5.96. The number of carbonyl (C=O) groups is 4. The Morgan fingerprint density at radius 2 is 1.81 bits per heavy atom. The number of rotatable bonds is 3. The molecule has 4 heterocycles. The Bertz CT molecular complexity index is 1470. The Morgan fingerprint density at radius 3 is 2.57 bits per heavy atom. The lowest BCUT2D eigenvalue weighted by molar-refractivity contribution is -0.136. The van der Waals surface area contributed by atoms with Crippen molar-refractivity contribution in [2.24, 2.45) is 0 Å². The first-order valence-corrected chi connectivity index (χ1v) is 12.7. The summed E-state index contributed by atoms with van der Waals surface area (Å²) in [5.74, 6) is -0.475. The summed E-state index contributed by atoms with van der Waals surface area (Å²) in [6.45, 7) is 3.53. The van der Waals surface area contributed by atoms with E-state index in [-0.39, 0.29) is 35.8 Å². The lowest BCUT2D eigenvalue weighted by Crippen LogP contribution is -2.52. The van der Waals surface area contributed by atoms with Crippen molar-refractivity contribution in [3.8, 4) is 5.75 Å². The van der Waals surface area contributed by atoms with Crippen molar-refractivity contribution in [1.29, 1.82) is 0 Å². The molecule has 2 saturated heterocycles. The Morgan fingerprint density at radius 1 is 1.03 bits per heavy atom. The van der Waals surface area contributed by atoms with Crippen molar-refractivity contribution in [1.82, 2.24) is 20.1 Å². The maximum atomic E-state index is 13.3. The molecular weight excluding hydrogens is 472 g/mol. The first kappa shape index (κ1) is 23.3. The summed E-state index contributed by atoms with van der Waals surface area (Å²) in [4.78, 5) is 56.7. The summed E-state index contributed by atoms with van der Waals surface area (Å²) in [7, 11) is 0. The van der Waals surface area contributed by atoms with E-state index in [1.165, 1.54) is 0 Å². The third-order valence-corrected chi connectivity index (χ3v) is 8.06. The van der Waals surface area contributed by atoms with Gasteiger partial charge in [0, 0.05) is 48.6 Å². The number of aromatic nitrogens is 1. The molecule has 0 radical (unpaired) electrons. The molecule has 190 valence electrons. The molecule has 6 rings (SSSR count).